The van der Waals surface area contributed by atoms with Crippen molar-refractivity contribution in [1.82, 2.24) is 14.9 Å². The molecule has 2 rings (SSSR count). The summed E-state index contributed by atoms with van der Waals surface area (Å²) in [4.78, 5) is 24.3. The Morgan fingerprint density at radius 1 is 1.23 bits per heavy atom. The molecule has 0 bridgehead atoms. The maximum absolute atomic E-state index is 12.6. The Morgan fingerprint density at radius 3 is 2.42 bits per heavy atom. The van der Waals surface area contributed by atoms with Crippen LogP contribution in [0, 0.1) is 5.92 Å². The van der Waals surface area contributed by atoms with Gasteiger partial charge in [-0.2, -0.15) is 4.31 Å². The predicted molar refractivity (Wildman–Crippen MR) is 95.6 cm³/mol. The van der Waals surface area contributed by atoms with Crippen LogP contribution in [0.2, 0.25) is 0 Å². The van der Waals surface area contributed by atoms with Crippen LogP contribution in [0.4, 0.5) is 0 Å². The van der Waals surface area contributed by atoms with Gasteiger partial charge in [0.1, 0.15) is 6.04 Å². The van der Waals surface area contributed by atoms with E-state index in [1.165, 1.54) is 4.31 Å². The highest BCUT2D eigenvalue weighted by Crippen LogP contribution is 2.23. The lowest BCUT2D eigenvalue weighted by Crippen LogP contribution is -2.49. The van der Waals surface area contributed by atoms with Crippen molar-refractivity contribution in [2.75, 3.05) is 26.2 Å². The number of hydrogen-bond acceptors (Lipinski definition) is 5. The molecule has 1 aromatic carbocycles. The molecule has 1 fully saturated rings. The topological polar surface area (TPSA) is 116 Å². The van der Waals surface area contributed by atoms with Gasteiger partial charge in [0.15, 0.2) is 0 Å². The molecule has 1 aliphatic rings. The fourth-order valence-electron chi connectivity index (χ4n) is 2.83. The lowest BCUT2D eigenvalue weighted by atomic mass is 9.97. The van der Waals surface area contributed by atoms with E-state index in [1.807, 2.05) is 0 Å². The summed E-state index contributed by atoms with van der Waals surface area (Å²) >= 11 is 0. The zero-order valence-electron chi connectivity index (χ0n) is 14.7. The highest BCUT2D eigenvalue weighted by Gasteiger charge is 2.32. The summed E-state index contributed by atoms with van der Waals surface area (Å²) in [6.07, 6.45) is 0.811. The van der Waals surface area contributed by atoms with Gasteiger partial charge in [-0.1, -0.05) is 18.2 Å². The fourth-order valence-corrected chi connectivity index (χ4v) is 4.32. The first kappa shape index (κ1) is 20.3. The molecule has 1 aliphatic heterocycles. The van der Waals surface area contributed by atoms with E-state index in [0.717, 1.165) is 0 Å². The Hall–Kier alpha value is -1.97. The second-order valence-electron chi connectivity index (χ2n) is 6.24. The van der Waals surface area contributed by atoms with Gasteiger partial charge in [0, 0.05) is 25.6 Å². The first-order valence-electron chi connectivity index (χ1n) is 8.60. The Morgan fingerprint density at radius 2 is 1.85 bits per heavy atom. The average Bonchev–Trinajstić information content (AvgIpc) is 2.66. The minimum Gasteiger partial charge on any atom is -0.395 e. The maximum Gasteiger partial charge on any atom is 0.243 e. The van der Waals surface area contributed by atoms with Crippen LogP contribution >= 0.6 is 0 Å². The highest BCUT2D eigenvalue weighted by molar-refractivity contribution is 7.89. The van der Waals surface area contributed by atoms with Gasteiger partial charge in [0.05, 0.1) is 11.5 Å². The van der Waals surface area contributed by atoms with Crippen molar-refractivity contribution in [3.05, 3.63) is 30.3 Å². The molecule has 26 heavy (non-hydrogen) atoms. The third kappa shape index (κ3) is 5.03. The standard InChI is InChI=1S/C17H25N3O5S/c1-13(16(22)18-9-12-21)19-17(23)14-7-10-20(11-8-14)26(24,25)15-5-3-2-4-6-15/h2-6,13-14,21H,7-12H2,1H3,(H,18,22)(H,19,23)/t13-/m0/s1. The molecule has 1 aromatic rings. The van der Waals surface area contributed by atoms with Crippen molar-refractivity contribution in [2.45, 2.75) is 30.7 Å². The van der Waals surface area contributed by atoms with E-state index in [2.05, 4.69) is 10.6 Å². The molecule has 0 saturated carbocycles. The second kappa shape index (κ2) is 9.11. The molecule has 0 aliphatic carbocycles. The number of aliphatic hydroxyl groups excluding tert-OH is 1. The third-order valence-corrected chi connectivity index (χ3v) is 6.28. The van der Waals surface area contributed by atoms with E-state index in [9.17, 15) is 18.0 Å². The van der Waals surface area contributed by atoms with E-state index < -0.39 is 16.1 Å². The van der Waals surface area contributed by atoms with Crippen molar-refractivity contribution in [3.8, 4) is 0 Å². The number of carbonyl (C=O) groups is 2. The van der Waals surface area contributed by atoms with Crippen LogP contribution in [0.3, 0.4) is 0 Å². The van der Waals surface area contributed by atoms with Crippen LogP contribution in [0.5, 0.6) is 0 Å². The Bertz CT molecular complexity index is 715. The Balaban J connectivity index is 1.88. The van der Waals surface area contributed by atoms with E-state index in [1.54, 1.807) is 37.3 Å². The van der Waals surface area contributed by atoms with Crippen molar-refractivity contribution in [3.63, 3.8) is 0 Å². The van der Waals surface area contributed by atoms with Gasteiger partial charge in [0.25, 0.3) is 0 Å². The van der Waals surface area contributed by atoms with Crippen LogP contribution in [0.15, 0.2) is 35.2 Å². The van der Waals surface area contributed by atoms with Gasteiger partial charge >= 0.3 is 0 Å². The molecule has 3 N–H and O–H groups in total. The largest absolute Gasteiger partial charge is 0.395 e. The SMILES string of the molecule is C[C@H](NC(=O)C1CCN(S(=O)(=O)c2ccccc2)CC1)C(=O)NCCO. The highest BCUT2D eigenvalue weighted by atomic mass is 32.2. The number of rotatable bonds is 7. The lowest BCUT2D eigenvalue weighted by Gasteiger charge is -2.31. The molecular weight excluding hydrogens is 358 g/mol. The predicted octanol–water partition coefficient (Wildman–Crippen LogP) is -0.299. The van der Waals surface area contributed by atoms with Gasteiger partial charge in [-0.15, -0.1) is 0 Å². The van der Waals surface area contributed by atoms with Crippen molar-refractivity contribution in [2.24, 2.45) is 5.92 Å². The number of amides is 2. The third-order valence-electron chi connectivity index (χ3n) is 4.37. The average molecular weight is 383 g/mol. The number of aliphatic hydroxyl groups is 1. The summed E-state index contributed by atoms with van der Waals surface area (Å²) < 4.78 is 26.6. The van der Waals surface area contributed by atoms with Crippen LogP contribution in [-0.2, 0) is 19.6 Å². The van der Waals surface area contributed by atoms with Crippen molar-refractivity contribution >= 4 is 21.8 Å². The Kier molecular flexibility index (Phi) is 7.13. The van der Waals surface area contributed by atoms with Crippen LogP contribution in [0.25, 0.3) is 0 Å². The molecule has 8 nitrogen and oxygen atoms in total. The van der Waals surface area contributed by atoms with E-state index >= 15 is 0 Å². The molecule has 1 atom stereocenters. The van der Waals surface area contributed by atoms with Gasteiger partial charge < -0.3 is 15.7 Å². The van der Waals surface area contributed by atoms with E-state index in [-0.39, 0.29) is 48.9 Å². The number of sulfonamides is 1. The van der Waals surface area contributed by atoms with Crippen LogP contribution in [0.1, 0.15) is 19.8 Å². The number of nitrogens with one attached hydrogen (secondary N) is 2. The lowest BCUT2D eigenvalue weighted by molar-refractivity contribution is -0.131. The van der Waals surface area contributed by atoms with Crippen LogP contribution in [-0.4, -0.2) is 61.9 Å². The van der Waals surface area contributed by atoms with Crippen molar-refractivity contribution < 1.29 is 23.1 Å². The van der Waals surface area contributed by atoms with E-state index in [4.69, 9.17) is 5.11 Å². The summed E-state index contributed by atoms with van der Waals surface area (Å²) in [5, 5.41) is 13.8. The minimum atomic E-state index is -3.54. The quantitative estimate of drug-likeness (QED) is 0.598. The number of piperidine rings is 1. The van der Waals surface area contributed by atoms with Crippen molar-refractivity contribution in [1.29, 1.82) is 0 Å². The number of benzene rings is 1. The zero-order chi connectivity index (χ0) is 19.2. The number of hydrogen-bond donors (Lipinski definition) is 3. The molecule has 9 heteroatoms. The molecule has 0 unspecified atom stereocenters. The molecular formula is C17H25N3O5S. The van der Waals surface area contributed by atoms with Gasteiger partial charge in [-0.25, -0.2) is 8.42 Å². The zero-order valence-corrected chi connectivity index (χ0v) is 15.5. The summed E-state index contributed by atoms with van der Waals surface area (Å²) in [6, 6.07) is 7.52. The summed E-state index contributed by atoms with van der Waals surface area (Å²) in [7, 11) is -3.54. The van der Waals surface area contributed by atoms with Gasteiger partial charge in [0.2, 0.25) is 21.8 Å². The summed E-state index contributed by atoms with van der Waals surface area (Å²) in [5.41, 5.74) is 0. The van der Waals surface area contributed by atoms with E-state index in [0.29, 0.717) is 12.8 Å². The first-order chi connectivity index (χ1) is 12.4. The molecule has 2 amide bonds. The molecule has 0 radical (unpaired) electrons. The van der Waals surface area contributed by atoms with Crippen LogP contribution < -0.4 is 10.6 Å². The first-order valence-corrected chi connectivity index (χ1v) is 10.0. The minimum absolute atomic E-state index is 0.134. The Labute approximate surface area is 153 Å². The fraction of sp³-hybridized carbons (Fsp3) is 0.529. The second-order valence-corrected chi connectivity index (χ2v) is 8.17. The molecule has 0 aromatic heterocycles. The molecule has 144 valence electrons. The molecule has 0 spiro atoms. The normalized spacial score (nSPS) is 17.5. The maximum atomic E-state index is 12.6. The van der Waals surface area contributed by atoms with Gasteiger partial charge in [-0.3, -0.25) is 9.59 Å². The summed E-state index contributed by atoms with van der Waals surface area (Å²) in [6.45, 7) is 2.07. The smallest absolute Gasteiger partial charge is 0.243 e. The number of carbonyl (C=O) groups excluding carboxylic acids is 2. The number of nitrogens with zero attached hydrogens (tertiary/aromatic N) is 1. The monoisotopic (exact) mass is 383 g/mol. The molecule has 1 heterocycles. The summed E-state index contributed by atoms with van der Waals surface area (Å²) in [5.74, 6) is -0.949. The molecule has 1 saturated heterocycles. The van der Waals surface area contributed by atoms with Gasteiger partial charge in [-0.05, 0) is 31.9 Å².